The molecule has 2 saturated carbocycles. The number of nitrogens with one attached hydrogen (secondary N) is 1. The number of carbonyl (C=O) groups excluding carboxylic acids is 1. The second kappa shape index (κ2) is 4.61. The minimum atomic E-state index is -0.869. The Labute approximate surface area is 117 Å². The lowest BCUT2D eigenvalue weighted by Crippen LogP contribution is -2.40. The van der Waals surface area contributed by atoms with Gasteiger partial charge in [-0.1, -0.05) is 0 Å². The molecule has 6 heteroatoms. The van der Waals surface area contributed by atoms with Crippen molar-refractivity contribution in [2.24, 2.45) is 0 Å². The third-order valence-corrected chi connectivity index (χ3v) is 4.23. The first-order valence-electron chi connectivity index (χ1n) is 7.10. The van der Waals surface area contributed by atoms with Crippen LogP contribution in [0, 0.1) is 6.92 Å². The van der Waals surface area contributed by atoms with Gasteiger partial charge in [0.15, 0.2) is 0 Å². The number of amides is 1. The van der Waals surface area contributed by atoms with Gasteiger partial charge in [0.25, 0.3) is 5.91 Å². The molecule has 2 aliphatic carbocycles. The molecule has 2 N–H and O–H groups in total. The lowest BCUT2D eigenvalue weighted by molar-refractivity contribution is -0.137. The molecule has 2 aliphatic rings. The molecular formula is C14H19N3O3. The molecule has 1 aromatic heterocycles. The van der Waals surface area contributed by atoms with E-state index in [1.54, 1.807) is 6.07 Å². The maximum atomic E-state index is 12.4. The second-order valence-electron chi connectivity index (χ2n) is 6.01. The van der Waals surface area contributed by atoms with Crippen LogP contribution in [0.5, 0.6) is 0 Å². The van der Waals surface area contributed by atoms with Gasteiger partial charge in [0, 0.05) is 0 Å². The van der Waals surface area contributed by atoms with Gasteiger partial charge in [0.1, 0.15) is 5.69 Å². The Morgan fingerprint density at radius 1 is 1.50 bits per heavy atom. The van der Waals surface area contributed by atoms with Gasteiger partial charge in [0.05, 0.1) is 23.7 Å². The lowest BCUT2D eigenvalue weighted by atomic mass is 9.93. The zero-order valence-electron chi connectivity index (χ0n) is 11.6. The maximum absolute atomic E-state index is 12.4. The summed E-state index contributed by atoms with van der Waals surface area (Å²) in [5, 5.41) is 16.2. The highest BCUT2D eigenvalue weighted by Gasteiger charge is 2.46. The molecule has 20 heavy (non-hydrogen) atoms. The Morgan fingerprint density at radius 3 is 2.70 bits per heavy atom. The summed E-state index contributed by atoms with van der Waals surface area (Å²) in [4.78, 5) is 23.2. The normalized spacial score (nSPS) is 20.2. The van der Waals surface area contributed by atoms with Crippen LogP contribution in [0.3, 0.4) is 0 Å². The minimum absolute atomic E-state index is 0.00467. The van der Waals surface area contributed by atoms with Crippen molar-refractivity contribution < 1.29 is 14.7 Å². The molecule has 108 valence electrons. The van der Waals surface area contributed by atoms with Crippen LogP contribution in [-0.4, -0.2) is 32.3 Å². The van der Waals surface area contributed by atoms with Crippen LogP contribution in [0.2, 0.25) is 0 Å². The fourth-order valence-electron chi connectivity index (χ4n) is 2.69. The smallest absolute Gasteiger partial charge is 0.305 e. The van der Waals surface area contributed by atoms with E-state index in [9.17, 15) is 9.59 Å². The van der Waals surface area contributed by atoms with Crippen LogP contribution >= 0.6 is 0 Å². The van der Waals surface area contributed by atoms with Gasteiger partial charge in [-0.25, -0.2) is 0 Å². The standard InChI is InChI=1S/C14H19N3O3/c1-9-7-11(17(16-9)10-3-2-4-10)13(20)15-14(5-6-14)8-12(18)19/h7,10H,2-6,8H2,1H3,(H,15,20)(H,18,19). The highest BCUT2D eigenvalue weighted by atomic mass is 16.4. The first-order chi connectivity index (χ1) is 9.49. The van der Waals surface area contributed by atoms with Crippen LogP contribution in [0.4, 0.5) is 0 Å². The predicted molar refractivity (Wildman–Crippen MR) is 71.5 cm³/mol. The van der Waals surface area contributed by atoms with Gasteiger partial charge in [-0.15, -0.1) is 0 Å². The van der Waals surface area contributed by atoms with Crippen molar-refractivity contribution in [3.8, 4) is 0 Å². The SMILES string of the molecule is Cc1cc(C(=O)NC2(CC(=O)O)CC2)n(C2CCC2)n1. The van der Waals surface area contributed by atoms with Crippen molar-refractivity contribution in [1.29, 1.82) is 0 Å². The summed E-state index contributed by atoms with van der Waals surface area (Å²) in [5.74, 6) is -1.07. The van der Waals surface area contributed by atoms with Crippen molar-refractivity contribution in [2.45, 2.75) is 57.0 Å². The van der Waals surface area contributed by atoms with E-state index in [1.165, 1.54) is 6.42 Å². The number of carboxylic acid groups (broad SMARTS) is 1. The minimum Gasteiger partial charge on any atom is -0.481 e. The van der Waals surface area contributed by atoms with Crippen molar-refractivity contribution in [3.05, 3.63) is 17.5 Å². The second-order valence-corrected chi connectivity index (χ2v) is 6.01. The molecule has 6 nitrogen and oxygen atoms in total. The number of carboxylic acids is 1. The number of nitrogens with zero attached hydrogens (tertiary/aromatic N) is 2. The van der Waals surface area contributed by atoms with Gasteiger partial charge in [-0.3, -0.25) is 14.3 Å². The summed E-state index contributed by atoms with van der Waals surface area (Å²) in [5.41, 5.74) is 0.847. The van der Waals surface area contributed by atoms with Gasteiger partial charge in [-0.2, -0.15) is 5.10 Å². The molecule has 1 aromatic rings. The highest BCUT2D eigenvalue weighted by Crippen LogP contribution is 2.39. The number of rotatable bonds is 5. The van der Waals surface area contributed by atoms with Gasteiger partial charge in [-0.05, 0) is 45.1 Å². The fraction of sp³-hybridized carbons (Fsp3) is 0.643. The average Bonchev–Trinajstić information content (AvgIpc) is 2.89. The van der Waals surface area contributed by atoms with Gasteiger partial charge < -0.3 is 10.4 Å². The molecular weight excluding hydrogens is 258 g/mol. The molecule has 0 radical (unpaired) electrons. The van der Waals surface area contributed by atoms with E-state index in [0.717, 1.165) is 31.4 Å². The Morgan fingerprint density at radius 2 is 2.20 bits per heavy atom. The van der Waals surface area contributed by atoms with Crippen molar-refractivity contribution in [3.63, 3.8) is 0 Å². The average molecular weight is 277 g/mol. The van der Waals surface area contributed by atoms with Crippen LogP contribution in [0.25, 0.3) is 0 Å². The molecule has 0 aliphatic heterocycles. The van der Waals surface area contributed by atoms with Crippen molar-refractivity contribution in [1.82, 2.24) is 15.1 Å². The predicted octanol–water partition coefficient (Wildman–Crippen LogP) is 1.65. The van der Waals surface area contributed by atoms with E-state index in [0.29, 0.717) is 11.7 Å². The molecule has 0 unspecified atom stereocenters. The molecule has 1 amide bonds. The zero-order valence-corrected chi connectivity index (χ0v) is 11.6. The fourth-order valence-corrected chi connectivity index (χ4v) is 2.69. The zero-order chi connectivity index (χ0) is 14.3. The Kier molecular flexibility index (Phi) is 3.03. The van der Waals surface area contributed by atoms with Crippen molar-refractivity contribution >= 4 is 11.9 Å². The van der Waals surface area contributed by atoms with E-state index in [4.69, 9.17) is 5.11 Å². The summed E-state index contributed by atoms with van der Waals surface area (Å²) >= 11 is 0. The monoisotopic (exact) mass is 277 g/mol. The molecule has 3 rings (SSSR count). The molecule has 0 atom stereocenters. The van der Waals surface area contributed by atoms with E-state index in [-0.39, 0.29) is 12.3 Å². The number of hydrogen-bond donors (Lipinski definition) is 2. The molecule has 0 saturated heterocycles. The van der Waals surface area contributed by atoms with Crippen LogP contribution in [-0.2, 0) is 4.79 Å². The number of aromatic nitrogens is 2. The molecule has 0 spiro atoms. The van der Waals surface area contributed by atoms with E-state index in [1.807, 2.05) is 11.6 Å². The molecule has 0 aromatic carbocycles. The first kappa shape index (κ1) is 13.1. The number of carbonyl (C=O) groups is 2. The summed E-state index contributed by atoms with van der Waals surface area (Å²) in [6.07, 6.45) is 4.76. The van der Waals surface area contributed by atoms with Gasteiger partial charge >= 0.3 is 5.97 Å². The number of aryl methyl sites for hydroxylation is 1. The first-order valence-corrected chi connectivity index (χ1v) is 7.10. The summed E-state index contributed by atoms with van der Waals surface area (Å²) in [6.45, 7) is 1.87. The van der Waals surface area contributed by atoms with Crippen molar-refractivity contribution in [2.75, 3.05) is 0 Å². The summed E-state index contributed by atoms with van der Waals surface area (Å²) < 4.78 is 1.81. The maximum Gasteiger partial charge on any atom is 0.305 e. The van der Waals surface area contributed by atoms with Crippen LogP contribution in [0.1, 0.15) is 60.7 Å². The third kappa shape index (κ3) is 2.42. The Bertz CT molecular complexity index is 556. The topological polar surface area (TPSA) is 84.2 Å². The summed E-state index contributed by atoms with van der Waals surface area (Å²) in [7, 11) is 0. The van der Waals surface area contributed by atoms with E-state index < -0.39 is 11.5 Å². The summed E-state index contributed by atoms with van der Waals surface area (Å²) in [6, 6.07) is 2.10. The van der Waals surface area contributed by atoms with Gasteiger partial charge in [0.2, 0.25) is 0 Å². The third-order valence-electron chi connectivity index (χ3n) is 4.23. The molecule has 2 fully saturated rings. The quantitative estimate of drug-likeness (QED) is 0.857. The Hall–Kier alpha value is -1.85. The van der Waals surface area contributed by atoms with E-state index >= 15 is 0 Å². The highest BCUT2D eigenvalue weighted by molar-refractivity contribution is 5.94. The molecule has 0 bridgehead atoms. The van der Waals surface area contributed by atoms with Crippen LogP contribution in [0.15, 0.2) is 6.07 Å². The largest absolute Gasteiger partial charge is 0.481 e. The van der Waals surface area contributed by atoms with E-state index in [2.05, 4.69) is 10.4 Å². The Balaban J connectivity index is 1.75. The lowest BCUT2D eigenvalue weighted by Gasteiger charge is -2.27. The molecule has 1 heterocycles. The number of hydrogen-bond acceptors (Lipinski definition) is 3. The number of aliphatic carboxylic acids is 1. The van der Waals surface area contributed by atoms with Crippen LogP contribution < -0.4 is 5.32 Å².